The minimum Gasteiger partial charge on any atom is -0.378 e. The Kier molecular flexibility index (Phi) is 6.79. The lowest BCUT2D eigenvalue weighted by Gasteiger charge is -2.39. The van der Waals surface area contributed by atoms with Crippen LogP contribution in [0.5, 0.6) is 0 Å². The molecule has 2 N–H and O–H groups in total. The molecule has 3 unspecified atom stereocenters. The van der Waals surface area contributed by atoms with Crippen molar-refractivity contribution in [1.82, 2.24) is 4.90 Å². The second-order valence-corrected chi connectivity index (χ2v) is 6.85. The minimum atomic E-state index is 0.438. The van der Waals surface area contributed by atoms with Gasteiger partial charge in [-0.3, -0.25) is 0 Å². The van der Waals surface area contributed by atoms with Crippen LogP contribution < -0.4 is 5.73 Å². The fourth-order valence-electron chi connectivity index (χ4n) is 4.09. The first-order valence-corrected chi connectivity index (χ1v) is 8.82. The number of piperidine rings is 1. The van der Waals surface area contributed by atoms with Crippen molar-refractivity contribution in [3.8, 4) is 0 Å². The van der Waals surface area contributed by atoms with Crippen molar-refractivity contribution in [2.45, 2.75) is 70.9 Å². The number of hydrogen-bond donors (Lipinski definition) is 1. The Bertz CT molecular complexity index is 264. The van der Waals surface area contributed by atoms with Crippen LogP contribution in [0.3, 0.4) is 0 Å². The first kappa shape index (κ1) is 16.3. The largest absolute Gasteiger partial charge is 0.378 e. The molecule has 2 fully saturated rings. The number of hydrogen-bond acceptors (Lipinski definition) is 3. The topological polar surface area (TPSA) is 38.5 Å². The number of rotatable bonds is 6. The van der Waals surface area contributed by atoms with Crippen LogP contribution in [0.25, 0.3) is 0 Å². The normalized spacial score (nSPS) is 33.5. The highest BCUT2D eigenvalue weighted by atomic mass is 16.5. The van der Waals surface area contributed by atoms with Crippen LogP contribution in [0.1, 0.15) is 58.8 Å². The molecule has 0 aromatic carbocycles. The monoisotopic (exact) mass is 282 g/mol. The molecule has 2 rings (SSSR count). The highest BCUT2D eigenvalue weighted by Crippen LogP contribution is 2.32. The van der Waals surface area contributed by atoms with Crippen molar-refractivity contribution in [3.05, 3.63) is 0 Å². The molecule has 0 aromatic heterocycles. The third-order valence-electron chi connectivity index (χ3n) is 5.28. The van der Waals surface area contributed by atoms with Crippen molar-refractivity contribution in [3.63, 3.8) is 0 Å². The Hall–Kier alpha value is -0.120. The van der Waals surface area contributed by atoms with Gasteiger partial charge in [-0.25, -0.2) is 0 Å². The van der Waals surface area contributed by atoms with Crippen LogP contribution in [0, 0.1) is 11.8 Å². The Morgan fingerprint density at radius 3 is 2.50 bits per heavy atom. The maximum Gasteiger partial charge on any atom is 0.0599 e. The lowest BCUT2D eigenvalue weighted by Crippen LogP contribution is -2.46. The second-order valence-electron chi connectivity index (χ2n) is 6.85. The van der Waals surface area contributed by atoms with Crippen LogP contribution in [-0.2, 0) is 4.74 Å². The van der Waals surface area contributed by atoms with Gasteiger partial charge in [0.2, 0.25) is 0 Å². The average molecular weight is 282 g/mol. The molecule has 1 aliphatic carbocycles. The molecule has 0 spiro atoms. The lowest BCUT2D eigenvalue weighted by atomic mass is 9.76. The fraction of sp³-hybridized carbons (Fsp3) is 1.00. The van der Waals surface area contributed by atoms with E-state index in [9.17, 15) is 0 Å². The summed E-state index contributed by atoms with van der Waals surface area (Å²) in [5.41, 5.74) is 6.38. The summed E-state index contributed by atoms with van der Waals surface area (Å²) in [5, 5.41) is 0. The zero-order valence-corrected chi connectivity index (χ0v) is 13.5. The van der Waals surface area contributed by atoms with E-state index in [1.54, 1.807) is 0 Å². The van der Waals surface area contributed by atoms with Crippen molar-refractivity contribution in [2.24, 2.45) is 17.6 Å². The summed E-state index contributed by atoms with van der Waals surface area (Å²) in [4.78, 5) is 2.63. The standard InChI is InChI=1S/C17H34N2O/c1-3-5-14-6-7-17(18)15(12-14)13-19-10-8-16(9-11-19)20-4-2/h14-17H,3-13,18H2,1-2H3. The van der Waals surface area contributed by atoms with Gasteiger partial charge in [0.1, 0.15) is 0 Å². The maximum absolute atomic E-state index is 6.38. The third kappa shape index (κ3) is 4.71. The molecule has 0 aromatic rings. The van der Waals surface area contributed by atoms with E-state index in [2.05, 4.69) is 18.7 Å². The van der Waals surface area contributed by atoms with Gasteiger partial charge in [0.15, 0.2) is 0 Å². The van der Waals surface area contributed by atoms with E-state index in [1.165, 1.54) is 64.6 Å². The number of nitrogens with two attached hydrogens (primary N) is 1. The lowest BCUT2D eigenvalue weighted by molar-refractivity contribution is 0.00770. The van der Waals surface area contributed by atoms with Crippen LogP contribution in [0.15, 0.2) is 0 Å². The molecular weight excluding hydrogens is 248 g/mol. The summed E-state index contributed by atoms with van der Waals surface area (Å²) in [6.45, 7) is 8.89. The van der Waals surface area contributed by atoms with Gasteiger partial charge >= 0.3 is 0 Å². The first-order chi connectivity index (χ1) is 9.72. The zero-order valence-electron chi connectivity index (χ0n) is 13.5. The zero-order chi connectivity index (χ0) is 14.4. The molecule has 3 atom stereocenters. The molecule has 2 aliphatic rings. The molecule has 1 saturated carbocycles. The molecule has 1 saturated heterocycles. The molecule has 3 heteroatoms. The predicted molar refractivity (Wildman–Crippen MR) is 84.8 cm³/mol. The van der Waals surface area contributed by atoms with Gasteiger partial charge in [-0.15, -0.1) is 0 Å². The van der Waals surface area contributed by atoms with Gasteiger partial charge < -0.3 is 15.4 Å². The van der Waals surface area contributed by atoms with E-state index < -0.39 is 0 Å². The summed E-state index contributed by atoms with van der Waals surface area (Å²) in [6.07, 6.45) is 9.59. The Labute approximate surface area is 125 Å². The summed E-state index contributed by atoms with van der Waals surface area (Å²) in [7, 11) is 0. The van der Waals surface area contributed by atoms with Crippen LogP contribution in [0.2, 0.25) is 0 Å². The van der Waals surface area contributed by atoms with E-state index >= 15 is 0 Å². The van der Waals surface area contributed by atoms with Crippen LogP contribution in [0.4, 0.5) is 0 Å². The number of nitrogens with zero attached hydrogens (tertiary/aromatic N) is 1. The highest BCUT2D eigenvalue weighted by Gasteiger charge is 2.30. The number of likely N-dealkylation sites (tertiary alicyclic amines) is 1. The van der Waals surface area contributed by atoms with Gasteiger partial charge in [-0.05, 0) is 50.9 Å². The van der Waals surface area contributed by atoms with Crippen molar-refractivity contribution < 1.29 is 4.74 Å². The first-order valence-electron chi connectivity index (χ1n) is 8.82. The summed E-state index contributed by atoms with van der Waals surface area (Å²) >= 11 is 0. The molecule has 1 heterocycles. The molecule has 1 aliphatic heterocycles. The van der Waals surface area contributed by atoms with Crippen LogP contribution >= 0.6 is 0 Å². The fourth-order valence-corrected chi connectivity index (χ4v) is 4.09. The Morgan fingerprint density at radius 2 is 1.85 bits per heavy atom. The highest BCUT2D eigenvalue weighted by molar-refractivity contribution is 4.85. The van der Waals surface area contributed by atoms with Crippen molar-refractivity contribution >= 4 is 0 Å². The molecule has 20 heavy (non-hydrogen) atoms. The molecule has 0 amide bonds. The third-order valence-corrected chi connectivity index (χ3v) is 5.28. The van der Waals surface area contributed by atoms with Gasteiger partial charge in [0.25, 0.3) is 0 Å². The van der Waals surface area contributed by atoms with Crippen LogP contribution in [-0.4, -0.2) is 43.3 Å². The van der Waals surface area contributed by atoms with Gasteiger partial charge in [-0.2, -0.15) is 0 Å². The Morgan fingerprint density at radius 1 is 1.10 bits per heavy atom. The average Bonchev–Trinajstić information content (AvgIpc) is 2.45. The molecule has 0 radical (unpaired) electrons. The molecule has 118 valence electrons. The Balaban J connectivity index is 1.74. The van der Waals surface area contributed by atoms with Gasteiger partial charge in [-0.1, -0.05) is 19.8 Å². The number of ether oxygens (including phenoxy) is 1. The van der Waals surface area contributed by atoms with Crippen molar-refractivity contribution in [1.29, 1.82) is 0 Å². The van der Waals surface area contributed by atoms with Gasteiger partial charge in [0.05, 0.1) is 6.10 Å². The van der Waals surface area contributed by atoms with E-state index in [0.29, 0.717) is 12.1 Å². The summed E-state index contributed by atoms with van der Waals surface area (Å²) < 4.78 is 5.74. The summed E-state index contributed by atoms with van der Waals surface area (Å²) in [6, 6.07) is 0.438. The van der Waals surface area contributed by atoms with Crippen molar-refractivity contribution in [2.75, 3.05) is 26.2 Å². The van der Waals surface area contributed by atoms with E-state index in [0.717, 1.165) is 18.4 Å². The molecule has 0 bridgehead atoms. The smallest absolute Gasteiger partial charge is 0.0599 e. The summed E-state index contributed by atoms with van der Waals surface area (Å²) in [5.74, 6) is 1.66. The molecular formula is C17H34N2O. The van der Waals surface area contributed by atoms with Gasteiger partial charge in [0, 0.05) is 32.3 Å². The SMILES string of the molecule is CCCC1CCC(N)C(CN2CCC(OCC)CC2)C1. The minimum absolute atomic E-state index is 0.438. The van der Waals surface area contributed by atoms with E-state index in [-0.39, 0.29) is 0 Å². The molecule has 3 nitrogen and oxygen atoms in total. The second kappa shape index (κ2) is 8.35. The maximum atomic E-state index is 6.38. The quantitative estimate of drug-likeness (QED) is 0.814. The predicted octanol–water partition coefficient (Wildman–Crippen LogP) is 3.03. The van der Waals surface area contributed by atoms with E-state index in [1.807, 2.05) is 0 Å². The van der Waals surface area contributed by atoms with E-state index in [4.69, 9.17) is 10.5 Å².